The highest BCUT2D eigenvalue weighted by Gasteiger charge is 2.27. The van der Waals surface area contributed by atoms with E-state index in [-0.39, 0.29) is 35.8 Å². The molecule has 2 aromatic carbocycles. The summed E-state index contributed by atoms with van der Waals surface area (Å²) in [6.07, 6.45) is 1.74. The predicted molar refractivity (Wildman–Crippen MR) is 115 cm³/mol. The summed E-state index contributed by atoms with van der Waals surface area (Å²) in [5.74, 6) is -0.390. The molecule has 3 rings (SSSR count). The highest BCUT2D eigenvalue weighted by molar-refractivity contribution is 7.09. The molecule has 2 unspecified atom stereocenters. The summed E-state index contributed by atoms with van der Waals surface area (Å²) in [5, 5.41) is 9.18. The van der Waals surface area contributed by atoms with Gasteiger partial charge in [0, 0.05) is 17.6 Å². The number of nitrogens with one attached hydrogen (secondary N) is 2. The molecular weight excluding hydrogens is 385 g/mol. The molecule has 2 atom stereocenters. The normalized spacial score (nSPS) is 13.7. The summed E-state index contributed by atoms with van der Waals surface area (Å²) >= 11 is 1.51. The van der Waals surface area contributed by atoms with E-state index >= 15 is 0 Å². The molecule has 0 fully saturated rings. The Morgan fingerprint density at radius 3 is 2.34 bits per heavy atom. The SMILES string of the molecule is CC(C)(C)C(NCC(=O)NC(c1ccccc1)c1nccs1)c1ccc(F)cc1. The fourth-order valence-electron chi connectivity index (χ4n) is 3.30. The first-order valence-electron chi connectivity index (χ1n) is 9.57. The maximum absolute atomic E-state index is 13.3. The third-order valence-electron chi connectivity index (χ3n) is 4.67. The van der Waals surface area contributed by atoms with Crippen molar-refractivity contribution in [2.75, 3.05) is 6.54 Å². The second-order valence-corrected chi connectivity index (χ2v) is 8.94. The van der Waals surface area contributed by atoms with Crippen LogP contribution in [0.3, 0.4) is 0 Å². The Hall–Kier alpha value is -2.57. The van der Waals surface area contributed by atoms with Crippen molar-refractivity contribution in [1.82, 2.24) is 15.6 Å². The summed E-state index contributed by atoms with van der Waals surface area (Å²) in [7, 11) is 0. The maximum Gasteiger partial charge on any atom is 0.234 e. The molecule has 0 saturated heterocycles. The number of hydrogen-bond donors (Lipinski definition) is 2. The first-order chi connectivity index (χ1) is 13.8. The van der Waals surface area contributed by atoms with Gasteiger partial charge in [0.1, 0.15) is 16.9 Å². The van der Waals surface area contributed by atoms with Crippen LogP contribution in [0.15, 0.2) is 66.2 Å². The van der Waals surface area contributed by atoms with E-state index < -0.39 is 0 Å². The lowest BCUT2D eigenvalue weighted by atomic mass is 9.82. The lowest BCUT2D eigenvalue weighted by Gasteiger charge is -2.32. The lowest BCUT2D eigenvalue weighted by molar-refractivity contribution is -0.121. The molecule has 0 bridgehead atoms. The Morgan fingerprint density at radius 1 is 1.07 bits per heavy atom. The Kier molecular flexibility index (Phi) is 6.77. The Morgan fingerprint density at radius 2 is 1.76 bits per heavy atom. The van der Waals surface area contributed by atoms with Crippen molar-refractivity contribution in [3.05, 3.63) is 88.1 Å². The third-order valence-corrected chi connectivity index (χ3v) is 5.51. The molecule has 0 aliphatic rings. The average molecular weight is 412 g/mol. The van der Waals surface area contributed by atoms with Gasteiger partial charge in [-0.15, -0.1) is 11.3 Å². The number of aromatic nitrogens is 1. The monoisotopic (exact) mass is 411 g/mol. The van der Waals surface area contributed by atoms with Crippen molar-refractivity contribution in [2.24, 2.45) is 5.41 Å². The van der Waals surface area contributed by atoms with Crippen LogP contribution in [0.1, 0.15) is 49.0 Å². The largest absolute Gasteiger partial charge is 0.342 e. The van der Waals surface area contributed by atoms with E-state index in [0.717, 1.165) is 16.1 Å². The van der Waals surface area contributed by atoms with Gasteiger partial charge in [-0.3, -0.25) is 4.79 Å². The molecular formula is C23H26FN3OS. The highest BCUT2D eigenvalue weighted by atomic mass is 32.1. The number of nitrogens with zero attached hydrogens (tertiary/aromatic N) is 1. The Balaban J connectivity index is 1.71. The second kappa shape index (κ2) is 9.29. The van der Waals surface area contributed by atoms with Gasteiger partial charge >= 0.3 is 0 Å². The van der Waals surface area contributed by atoms with Crippen LogP contribution >= 0.6 is 11.3 Å². The highest BCUT2D eigenvalue weighted by Crippen LogP contribution is 2.32. The van der Waals surface area contributed by atoms with Crippen molar-refractivity contribution < 1.29 is 9.18 Å². The van der Waals surface area contributed by atoms with Crippen LogP contribution in [-0.2, 0) is 4.79 Å². The summed E-state index contributed by atoms with van der Waals surface area (Å²) in [5.41, 5.74) is 1.79. The van der Waals surface area contributed by atoms with E-state index in [1.807, 2.05) is 35.7 Å². The molecule has 6 heteroatoms. The summed E-state index contributed by atoms with van der Waals surface area (Å²) in [6.45, 7) is 6.42. The van der Waals surface area contributed by atoms with E-state index in [9.17, 15) is 9.18 Å². The van der Waals surface area contributed by atoms with Crippen molar-refractivity contribution in [3.63, 3.8) is 0 Å². The fraction of sp³-hybridized carbons (Fsp3) is 0.304. The molecule has 1 aromatic heterocycles. The smallest absolute Gasteiger partial charge is 0.234 e. The van der Waals surface area contributed by atoms with Gasteiger partial charge in [0.15, 0.2) is 0 Å². The van der Waals surface area contributed by atoms with Crippen LogP contribution in [0, 0.1) is 11.2 Å². The van der Waals surface area contributed by atoms with Crippen LogP contribution in [-0.4, -0.2) is 17.4 Å². The molecule has 1 heterocycles. The van der Waals surface area contributed by atoms with Crippen LogP contribution in [0.5, 0.6) is 0 Å². The van der Waals surface area contributed by atoms with Crippen LogP contribution < -0.4 is 10.6 Å². The number of amides is 1. The van der Waals surface area contributed by atoms with Gasteiger partial charge < -0.3 is 10.6 Å². The van der Waals surface area contributed by atoms with Gasteiger partial charge in [-0.25, -0.2) is 9.37 Å². The van der Waals surface area contributed by atoms with E-state index in [1.54, 1.807) is 18.3 Å². The molecule has 0 aliphatic heterocycles. The molecule has 4 nitrogen and oxygen atoms in total. The number of hydrogen-bond acceptors (Lipinski definition) is 4. The second-order valence-electron chi connectivity index (χ2n) is 8.01. The zero-order valence-corrected chi connectivity index (χ0v) is 17.7. The average Bonchev–Trinajstić information content (AvgIpc) is 3.22. The maximum atomic E-state index is 13.3. The molecule has 3 aromatic rings. The molecule has 2 N–H and O–H groups in total. The van der Waals surface area contributed by atoms with E-state index in [4.69, 9.17) is 0 Å². The van der Waals surface area contributed by atoms with Gasteiger partial charge in [-0.1, -0.05) is 63.2 Å². The zero-order chi connectivity index (χ0) is 20.9. The Labute approximate surface area is 175 Å². The van der Waals surface area contributed by atoms with E-state index in [1.165, 1.54) is 23.5 Å². The number of benzene rings is 2. The van der Waals surface area contributed by atoms with E-state index in [0.29, 0.717) is 0 Å². The number of thiazole rings is 1. The van der Waals surface area contributed by atoms with E-state index in [2.05, 4.69) is 36.4 Å². The zero-order valence-electron chi connectivity index (χ0n) is 16.9. The molecule has 152 valence electrons. The van der Waals surface area contributed by atoms with Gasteiger partial charge in [-0.2, -0.15) is 0 Å². The molecule has 0 radical (unpaired) electrons. The first kappa shape index (κ1) is 21.1. The summed E-state index contributed by atoms with van der Waals surface area (Å²) in [6, 6.07) is 15.8. The number of carbonyl (C=O) groups is 1. The van der Waals surface area contributed by atoms with Crippen molar-refractivity contribution >= 4 is 17.2 Å². The first-order valence-corrected chi connectivity index (χ1v) is 10.4. The molecule has 1 amide bonds. The van der Waals surface area contributed by atoms with Gasteiger partial charge in [0.25, 0.3) is 0 Å². The standard InChI is InChI=1S/C23H26FN3OS/c1-23(2,3)21(17-9-11-18(24)12-10-17)26-15-19(28)27-20(22-25-13-14-29-22)16-7-5-4-6-8-16/h4-14,20-21,26H,15H2,1-3H3,(H,27,28). The van der Waals surface area contributed by atoms with Gasteiger partial charge in [-0.05, 0) is 28.7 Å². The number of carbonyl (C=O) groups excluding carboxylic acids is 1. The van der Waals surface area contributed by atoms with Crippen molar-refractivity contribution in [1.29, 1.82) is 0 Å². The minimum absolute atomic E-state index is 0.0936. The van der Waals surface area contributed by atoms with Gasteiger partial charge in [0.2, 0.25) is 5.91 Å². The minimum atomic E-state index is -0.288. The number of rotatable bonds is 7. The fourth-order valence-corrected chi connectivity index (χ4v) is 4.01. The molecule has 0 aliphatic carbocycles. The van der Waals surface area contributed by atoms with Crippen LogP contribution in [0.4, 0.5) is 4.39 Å². The van der Waals surface area contributed by atoms with Gasteiger partial charge in [0.05, 0.1) is 6.54 Å². The minimum Gasteiger partial charge on any atom is -0.342 e. The van der Waals surface area contributed by atoms with Crippen LogP contribution in [0.25, 0.3) is 0 Å². The van der Waals surface area contributed by atoms with Crippen molar-refractivity contribution in [2.45, 2.75) is 32.9 Å². The summed E-state index contributed by atoms with van der Waals surface area (Å²) in [4.78, 5) is 17.2. The molecule has 0 spiro atoms. The molecule has 29 heavy (non-hydrogen) atoms. The Bertz CT molecular complexity index is 906. The van der Waals surface area contributed by atoms with Crippen molar-refractivity contribution in [3.8, 4) is 0 Å². The molecule has 0 saturated carbocycles. The number of halogens is 1. The lowest BCUT2D eigenvalue weighted by Crippen LogP contribution is -2.41. The summed E-state index contributed by atoms with van der Waals surface area (Å²) < 4.78 is 13.3. The topological polar surface area (TPSA) is 54.0 Å². The van der Waals surface area contributed by atoms with Crippen LogP contribution in [0.2, 0.25) is 0 Å². The predicted octanol–water partition coefficient (Wildman–Crippen LogP) is 4.86. The third kappa shape index (κ3) is 5.71. The quantitative estimate of drug-likeness (QED) is 0.583.